The molecule has 3 nitrogen and oxygen atoms in total. The van der Waals surface area contributed by atoms with Crippen LogP contribution in [-0.2, 0) is 4.79 Å². The van der Waals surface area contributed by atoms with E-state index in [4.69, 9.17) is 5.11 Å². The van der Waals surface area contributed by atoms with Crippen LogP contribution in [0.2, 0.25) is 0 Å². The highest BCUT2D eigenvalue weighted by Crippen LogP contribution is 2.08. The SMILES string of the molecule is O=CC(O)N1CC[CH]CC1. The Morgan fingerprint density at radius 1 is 1.50 bits per heavy atom. The lowest BCUT2D eigenvalue weighted by Gasteiger charge is -2.27. The van der Waals surface area contributed by atoms with Gasteiger partial charge in [0.25, 0.3) is 0 Å². The van der Waals surface area contributed by atoms with Gasteiger partial charge in [0, 0.05) is 13.1 Å². The zero-order valence-corrected chi connectivity index (χ0v) is 5.86. The summed E-state index contributed by atoms with van der Waals surface area (Å²) in [7, 11) is 0. The van der Waals surface area contributed by atoms with Crippen LogP contribution in [0.4, 0.5) is 0 Å². The van der Waals surface area contributed by atoms with Gasteiger partial charge in [-0.25, -0.2) is 0 Å². The summed E-state index contributed by atoms with van der Waals surface area (Å²) in [5.41, 5.74) is 0. The van der Waals surface area contributed by atoms with E-state index in [1.165, 1.54) is 0 Å². The summed E-state index contributed by atoms with van der Waals surface area (Å²) in [6.07, 6.45) is 3.82. The van der Waals surface area contributed by atoms with E-state index in [-0.39, 0.29) is 0 Å². The summed E-state index contributed by atoms with van der Waals surface area (Å²) in [5.74, 6) is 0. The lowest BCUT2D eigenvalue weighted by Crippen LogP contribution is -2.40. The standard InChI is InChI=1S/C7H12NO2/c9-6-7(10)8-4-2-1-3-5-8/h1,6-7,10H,2-5H2. The Morgan fingerprint density at radius 2 is 2.10 bits per heavy atom. The van der Waals surface area contributed by atoms with Gasteiger partial charge in [-0.1, -0.05) is 0 Å². The molecule has 0 aromatic rings. The number of carbonyl (C=O) groups excluding carboxylic acids is 1. The normalized spacial score (nSPS) is 24.1. The lowest BCUT2D eigenvalue weighted by molar-refractivity contribution is -0.124. The average Bonchev–Trinajstić information content (AvgIpc) is 2.05. The first-order valence-corrected chi connectivity index (χ1v) is 3.53. The van der Waals surface area contributed by atoms with Gasteiger partial charge in [0.15, 0.2) is 12.5 Å². The van der Waals surface area contributed by atoms with E-state index in [0.717, 1.165) is 25.9 Å². The molecule has 0 spiro atoms. The van der Waals surface area contributed by atoms with Gasteiger partial charge in [0.05, 0.1) is 0 Å². The molecule has 1 unspecified atom stereocenters. The second kappa shape index (κ2) is 3.68. The van der Waals surface area contributed by atoms with Crippen molar-refractivity contribution in [1.29, 1.82) is 0 Å². The molecule has 1 atom stereocenters. The van der Waals surface area contributed by atoms with E-state index in [0.29, 0.717) is 6.29 Å². The molecule has 1 N–H and O–H groups in total. The van der Waals surface area contributed by atoms with E-state index in [1.807, 2.05) is 0 Å². The van der Waals surface area contributed by atoms with E-state index < -0.39 is 6.23 Å². The van der Waals surface area contributed by atoms with Crippen molar-refractivity contribution in [2.75, 3.05) is 13.1 Å². The molecule has 0 bridgehead atoms. The van der Waals surface area contributed by atoms with E-state index in [2.05, 4.69) is 6.42 Å². The van der Waals surface area contributed by atoms with Crippen LogP contribution in [0.5, 0.6) is 0 Å². The van der Waals surface area contributed by atoms with Gasteiger partial charge < -0.3 is 5.11 Å². The molecule has 1 radical (unpaired) electrons. The summed E-state index contributed by atoms with van der Waals surface area (Å²) >= 11 is 0. The van der Waals surface area contributed by atoms with Crippen LogP contribution in [0.25, 0.3) is 0 Å². The Kier molecular flexibility index (Phi) is 2.83. The molecular weight excluding hydrogens is 130 g/mol. The highest BCUT2D eigenvalue weighted by atomic mass is 16.3. The first-order valence-electron chi connectivity index (χ1n) is 3.53. The number of aliphatic hydroxyl groups is 1. The van der Waals surface area contributed by atoms with Gasteiger partial charge in [0.2, 0.25) is 0 Å². The maximum Gasteiger partial charge on any atom is 0.163 e. The van der Waals surface area contributed by atoms with E-state index in [9.17, 15) is 4.79 Å². The third-order valence-electron chi connectivity index (χ3n) is 1.74. The number of hydrogen-bond acceptors (Lipinski definition) is 3. The fourth-order valence-electron chi connectivity index (χ4n) is 1.12. The Bertz CT molecular complexity index is 110. The van der Waals surface area contributed by atoms with Crippen molar-refractivity contribution in [3.05, 3.63) is 6.42 Å². The van der Waals surface area contributed by atoms with Crippen molar-refractivity contribution in [1.82, 2.24) is 4.90 Å². The average molecular weight is 142 g/mol. The van der Waals surface area contributed by atoms with Crippen LogP contribution in [0.1, 0.15) is 12.8 Å². The number of aliphatic hydroxyl groups excluding tert-OH is 1. The maximum atomic E-state index is 10.1. The van der Waals surface area contributed by atoms with Crippen LogP contribution >= 0.6 is 0 Å². The number of piperidine rings is 1. The second-order valence-corrected chi connectivity index (χ2v) is 2.45. The second-order valence-electron chi connectivity index (χ2n) is 2.45. The quantitative estimate of drug-likeness (QED) is 0.543. The van der Waals surface area contributed by atoms with Crippen molar-refractivity contribution in [3.63, 3.8) is 0 Å². The van der Waals surface area contributed by atoms with Crippen LogP contribution in [0.3, 0.4) is 0 Å². The molecule has 1 heterocycles. The van der Waals surface area contributed by atoms with E-state index in [1.54, 1.807) is 4.90 Å². The summed E-state index contributed by atoms with van der Waals surface area (Å²) in [5, 5.41) is 9.03. The molecule has 1 fully saturated rings. The van der Waals surface area contributed by atoms with Crippen LogP contribution in [0.15, 0.2) is 0 Å². The van der Waals surface area contributed by atoms with Gasteiger partial charge >= 0.3 is 0 Å². The molecule has 1 aliphatic rings. The van der Waals surface area contributed by atoms with Crippen LogP contribution in [-0.4, -0.2) is 35.6 Å². The minimum absolute atomic E-state index is 0.575. The molecule has 0 aromatic heterocycles. The Morgan fingerprint density at radius 3 is 2.60 bits per heavy atom. The smallest absolute Gasteiger partial charge is 0.163 e. The van der Waals surface area contributed by atoms with Crippen molar-refractivity contribution in [2.45, 2.75) is 19.1 Å². The number of rotatable bonds is 2. The molecule has 10 heavy (non-hydrogen) atoms. The lowest BCUT2D eigenvalue weighted by atomic mass is 10.1. The molecule has 3 heteroatoms. The molecule has 57 valence electrons. The van der Waals surface area contributed by atoms with Crippen LogP contribution in [0, 0.1) is 6.42 Å². The summed E-state index contributed by atoms with van der Waals surface area (Å²) in [4.78, 5) is 11.9. The number of hydrogen-bond donors (Lipinski definition) is 1. The van der Waals surface area contributed by atoms with Gasteiger partial charge in [-0.15, -0.1) is 0 Å². The summed E-state index contributed by atoms with van der Waals surface area (Å²) in [6.45, 7) is 1.61. The zero-order chi connectivity index (χ0) is 7.40. The van der Waals surface area contributed by atoms with Crippen molar-refractivity contribution >= 4 is 6.29 Å². The van der Waals surface area contributed by atoms with Crippen molar-refractivity contribution < 1.29 is 9.90 Å². The fraction of sp³-hybridized carbons (Fsp3) is 0.714. The minimum atomic E-state index is -0.881. The molecule has 0 aliphatic carbocycles. The molecule has 1 aliphatic heterocycles. The van der Waals surface area contributed by atoms with Crippen molar-refractivity contribution in [2.24, 2.45) is 0 Å². The predicted octanol–water partition coefficient (Wildman–Crippen LogP) is -0.196. The molecule has 0 aromatic carbocycles. The zero-order valence-electron chi connectivity index (χ0n) is 5.86. The number of aldehydes is 1. The Balaban J connectivity index is 2.30. The molecular formula is C7H12NO2. The predicted molar refractivity (Wildman–Crippen MR) is 37.2 cm³/mol. The van der Waals surface area contributed by atoms with Gasteiger partial charge in [-0.3, -0.25) is 9.69 Å². The number of likely N-dealkylation sites (tertiary alicyclic amines) is 1. The summed E-state index contributed by atoms with van der Waals surface area (Å²) in [6, 6.07) is 0. The van der Waals surface area contributed by atoms with Crippen LogP contribution < -0.4 is 0 Å². The van der Waals surface area contributed by atoms with Crippen molar-refractivity contribution in [3.8, 4) is 0 Å². The first-order chi connectivity index (χ1) is 4.84. The number of nitrogens with zero attached hydrogens (tertiary/aromatic N) is 1. The fourth-order valence-corrected chi connectivity index (χ4v) is 1.12. The Labute approximate surface area is 60.6 Å². The van der Waals surface area contributed by atoms with Gasteiger partial charge in [-0.05, 0) is 19.3 Å². The first kappa shape index (κ1) is 7.69. The largest absolute Gasteiger partial charge is 0.371 e. The molecule has 1 saturated heterocycles. The van der Waals surface area contributed by atoms with Gasteiger partial charge in [-0.2, -0.15) is 0 Å². The maximum absolute atomic E-state index is 10.1. The highest BCUT2D eigenvalue weighted by molar-refractivity contribution is 5.54. The minimum Gasteiger partial charge on any atom is -0.371 e. The van der Waals surface area contributed by atoms with Gasteiger partial charge in [0.1, 0.15) is 0 Å². The third kappa shape index (κ3) is 1.78. The Hall–Kier alpha value is -0.410. The highest BCUT2D eigenvalue weighted by Gasteiger charge is 2.16. The third-order valence-corrected chi connectivity index (χ3v) is 1.74. The van der Waals surface area contributed by atoms with E-state index >= 15 is 0 Å². The molecule has 1 rings (SSSR count). The number of carbonyl (C=O) groups is 1. The monoisotopic (exact) mass is 142 g/mol. The summed E-state index contributed by atoms with van der Waals surface area (Å²) < 4.78 is 0. The topological polar surface area (TPSA) is 40.5 Å². The molecule has 0 amide bonds. The molecule has 0 saturated carbocycles.